The van der Waals surface area contributed by atoms with Crippen molar-refractivity contribution in [1.82, 2.24) is 0 Å². The highest BCUT2D eigenvalue weighted by Gasteiger charge is 1.81. The Labute approximate surface area is 87.1 Å². The SMILES string of the molecule is Br.NC(N)=N/N=C/c1ccccc1. The first-order valence-electron chi connectivity index (χ1n) is 3.46. The fourth-order valence-electron chi connectivity index (χ4n) is 0.701. The lowest BCUT2D eigenvalue weighted by molar-refractivity contribution is 1.21. The van der Waals surface area contributed by atoms with Crippen LogP contribution in [0.3, 0.4) is 0 Å². The monoisotopic (exact) mass is 242 g/mol. The molecule has 0 saturated heterocycles. The summed E-state index contributed by atoms with van der Waals surface area (Å²) in [4.78, 5) is 0. The van der Waals surface area contributed by atoms with Crippen molar-refractivity contribution in [2.45, 2.75) is 0 Å². The predicted octanol–water partition coefficient (Wildman–Crippen LogP) is 0.872. The third kappa shape index (κ3) is 4.97. The molecular weight excluding hydrogens is 232 g/mol. The van der Waals surface area contributed by atoms with Gasteiger partial charge in [0, 0.05) is 0 Å². The summed E-state index contributed by atoms with van der Waals surface area (Å²) < 4.78 is 0. The van der Waals surface area contributed by atoms with Gasteiger partial charge in [-0.05, 0) is 5.56 Å². The molecule has 0 aliphatic rings. The molecule has 0 fully saturated rings. The number of hydrogen-bond acceptors (Lipinski definition) is 2. The third-order valence-electron chi connectivity index (χ3n) is 1.18. The lowest BCUT2D eigenvalue weighted by Crippen LogP contribution is -2.21. The van der Waals surface area contributed by atoms with Crippen molar-refractivity contribution in [1.29, 1.82) is 0 Å². The Kier molecular flexibility index (Phi) is 5.54. The summed E-state index contributed by atoms with van der Waals surface area (Å²) >= 11 is 0. The molecular formula is C8H11BrN4. The first kappa shape index (κ1) is 11.6. The number of guanidine groups is 1. The van der Waals surface area contributed by atoms with Crippen LogP contribution in [0, 0.1) is 0 Å². The normalized spacial score (nSPS) is 9.23. The van der Waals surface area contributed by atoms with Gasteiger partial charge in [0.2, 0.25) is 5.96 Å². The zero-order valence-electron chi connectivity index (χ0n) is 6.92. The molecule has 0 amide bonds. The zero-order valence-corrected chi connectivity index (χ0v) is 8.63. The number of hydrogen-bond donors (Lipinski definition) is 2. The van der Waals surface area contributed by atoms with E-state index < -0.39 is 0 Å². The molecule has 5 heteroatoms. The highest BCUT2D eigenvalue weighted by molar-refractivity contribution is 8.93. The first-order chi connectivity index (χ1) is 5.79. The molecule has 0 aliphatic carbocycles. The van der Waals surface area contributed by atoms with Crippen molar-refractivity contribution in [2.75, 3.05) is 0 Å². The summed E-state index contributed by atoms with van der Waals surface area (Å²) in [5.74, 6) is -0.0396. The van der Waals surface area contributed by atoms with Gasteiger partial charge in [0.1, 0.15) is 0 Å². The average Bonchev–Trinajstić information content (AvgIpc) is 2.05. The summed E-state index contributed by atoms with van der Waals surface area (Å²) in [7, 11) is 0. The molecule has 4 N–H and O–H groups in total. The molecule has 1 aromatic rings. The Bertz CT molecular complexity index is 290. The fourth-order valence-corrected chi connectivity index (χ4v) is 0.701. The summed E-state index contributed by atoms with van der Waals surface area (Å²) in [5, 5.41) is 7.12. The van der Waals surface area contributed by atoms with Crippen molar-refractivity contribution in [2.24, 2.45) is 21.7 Å². The van der Waals surface area contributed by atoms with Crippen molar-refractivity contribution in [3.63, 3.8) is 0 Å². The third-order valence-corrected chi connectivity index (χ3v) is 1.18. The van der Waals surface area contributed by atoms with Gasteiger partial charge in [-0.1, -0.05) is 30.3 Å². The smallest absolute Gasteiger partial charge is 0.211 e. The average molecular weight is 243 g/mol. The van der Waals surface area contributed by atoms with Gasteiger partial charge in [0.25, 0.3) is 0 Å². The van der Waals surface area contributed by atoms with Crippen LogP contribution in [0.4, 0.5) is 0 Å². The Morgan fingerprint density at radius 3 is 2.31 bits per heavy atom. The van der Waals surface area contributed by atoms with Gasteiger partial charge in [-0.3, -0.25) is 0 Å². The Morgan fingerprint density at radius 1 is 1.15 bits per heavy atom. The van der Waals surface area contributed by atoms with Gasteiger partial charge in [0.05, 0.1) is 6.21 Å². The Morgan fingerprint density at radius 2 is 1.77 bits per heavy atom. The maximum Gasteiger partial charge on any atom is 0.211 e. The van der Waals surface area contributed by atoms with E-state index in [4.69, 9.17) is 11.5 Å². The van der Waals surface area contributed by atoms with Crippen LogP contribution in [0.15, 0.2) is 40.5 Å². The first-order valence-corrected chi connectivity index (χ1v) is 3.46. The molecule has 0 radical (unpaired) electrons. The van der Waals surface area contributed by atoms with Crippen LogP contribution in [0.5, 0.6) is 0 Å². The number of benzene rings is 1. The second-order valence-electron chi connectivity index (χ2n) is 2.18. The van der Waals surface area contributed by atoms with E-state index in [0.29, 0.717) is 0 Å². The molecule has 1 rings (SSSR count). The van der Waals surface area contributed by atoms with Crippen LogP contribution in [-0.4, -0.2) is 12.2 Å². The summed E-state index contributed by atoms with van der Waals surface area (Å²) in [6.07, 6.45) is 1.58. The lowest BCUT2D eigenvalue weighted by Gasteiger charge is -1.87. The molecule has 0 aromatic heterocycles. The minimum atomic E-state index is -0.0396. The molecule has 70 valence electrons. The molecule has 0 atom stereocenters. The molecule has 13 heavy (non-hydrogen) atoms. The van der Waals surface area contributed by atoms with Crippen molar-refractivity contribution in [3.05, 3.63) is 35.9 Å². The largest absolute Gasteiger partial charge is 0.369 e. The van der Waals surface area contributed by atoms with Gasteiger partial charge in [-0.15, -0.1) is 22.1 Å². The van der Waals surface area contributed by atoms with Gasteiger partial charge in [-0.2, -0.15) is 5.10 Å². The molecule has 0 unspecified atom stereocenters. The molecule has 0 bridgehead atoms. The van der Waals surface area contributed by atoms with Crippen LogP contribution >= 0.6 is 17.0 Å². The number of nitrogens with zero attached hydrogens (tertiary/aromatic N) is 2. The van der Waals surface area contributed by atoms with E-state index >= 15 is 0 Å². The molecule has 0 heterocycles. The van der Waals surface area contributed by atoms with Gasteiger partial charge in [0.15, 0.2) is 0 Å². The summed E-state index contributed by atoms with van der Waals surface area (Å²) in [5.41, 5.74) is 11.1. The second-order valence-corrected chi connectivity index (χ2v) is 2.18. The summed E-state index contributed by atoms with van der Waals surface area (Å²) in [6.45, 7) is 0. The number of halogens is 1. The standard InChI is InChI=1S/C8H10N4.BrH/c9-8(10)12-11-6-7-4-2-1-3-5-7;/h1-6H,(H4,9,10,12);1H/b11-6+;. The van der Waals surface area contributed by atoms with Crippen LogP contribution in [0.1, 0.15) is 5.56 Å². The van der Waals surface area contributed by atoms with Crippen LogP contribution in [-0.2, 0) is 0 Å². The highest BCUT2D eigenvalue weighted by atomic mass is 79.9. The van der Waals surface area contributed by atoms with E-state index in [1.54, 1.807) is 6.21 Å². The highest BCUT2D eigenvalue weighted by Crippen LogP contribution is 1.93. The minimum Gasteiger partial charge on any atom is -0.369 e. The van der Waals surface area contributed by atoms with Crippen LogP contribution < -0.4 is 11.5 Å². The molecule has 1 aromatic carbocycles. The number of rotatable bonds is 2. The summed E-state index contributed by atoms with van der Waals surface area (Å²) in [6, 6.07) is 9.57. The molecule has 4 nitrogen and oxygen atoms in total. The maximum atomic E-state index is 5.07. The lowest BCUT2D eigenvalue weighted by atomic mass is 10.2. The van der Waals surface area contributed by atoms with Crippen LogP contribution in [0.25, 0.3) is 0 Å². The minimum absolute atomic E-state index is 0. The number of nitrogens with two attached hydrogens (primary N) is 2. The quantitative estimate of drug-likeness (QED) is 0.459. The molecule has 0 spiro atoms. The maximum absolute atomic E-state index is 5.07. The predicted molar refractivity (Wildman–Crippen MR) is 60.2 cm³/mol. The molecule has 0 saturated carbocycles. The topological polar surface area (TPSA) is 76.8 Å². The van der Waals surface area contributed by atoms with Gasteiger partial charge < -0.3 is 11.5 Å². The van der Waals surface area contributed by atoms with E-state index in [1.807, 2.05) is 30.3 Å². The zero-order chi connectivity index (χ0) is 8.81. The van der Waals surface area contributed by atoms with E-state index in [-0.39, 0.29) is 22.9 Å². The van der Waals surface area contributed by atoms with Gasteiger partial charge >= 0.3 is 0 Å². The van der Waals surface area contributed by atoms with Crippen molar-refractivity contribution in [3.8, 4) is 0 Å². The second kappa shape index (κ2) is 6.19. The van der Waals surface area contributed by atoms with Gasteiger partial charge in [-0.25, -0.2) is 0 Å². The van der Waals surface area contributed by atoms with E-state index in [9.17, 15) is 0 Å². The van der Waals surface area contributed by atoms with E-state index in [0.717, 1.165) is 5.56 Å². The fraction of sp³-hybridized carbons (Fsp3) is 0. The van der Waals surface area contributed by atoms with Crippen molar-refractivity contribution >= 4 is 29.2 Å². The van der Waals surface area contributed by atoms with E-state index in [1.165, 1.54) is 0 Å². The molecule has 0 aliphatic heterocycles. The van der Waals surface area contributed by atoms with Crippen molar-refractivity contribution < 1.29 is 0 Å². The Balaban J connectivity index is 0.00000144. The van der Waals surface area contributed by atoms with E-state index in [2.05, 4.69) is 10.2 Å². The van der Waals surface area contributed by atoms with Crippen LogP contribution in [0.2, 0.25) is 0 Å². The Hall–Kier alpha value is -1.36.